The third-order valence-electron chi connectivity index (χ3n) is 6.42. The first-order chi connectivity index (χ1) is 15.9. The number of amides is 1. The molecule has 1 saturated heterocycles. The van der Waals surface area contributed by atoms with Crippen molar-refractivity contribution in [3.63, 3.8) is 0 Å². The van der Waals surface area contributed by atoms with Gasteiger partial charge in [0, 0.05) is 23.3 Å². The summed E-state index contributed by atoms with van der Waals surface area (Å²) in [5.74, 6) is -0.505. The molecule has 2 unspecified atom stereocenters. The summed E-state index contributed by atoms with van der Waals surface area (Å²) in [5.41, 5.74) is 2.56. The lowest BCUT2D eigenvalue weighted by Gasteiger charge is -2.36. The molecule has 0 bridgehead atoms. The summed E-state index contributed by atoms with van der Waals surface area (Å²) < 4.78 is 5.08. The Labute approximate surface area is 203 Å². The molecule has 0 aliphatic carbocycles. The normalized spacial score (nSPS) is 22.7. The Kier molecular flexibility index (Phi) is 7.46. The van der Waals surface area contributed by atoms with Crippen LogP contribution in [-0.2, 0) is 14.3 Å². The highest BCUT2D eigenvalue weighted by Gasteiger charge is 2.41. The van der Waals surface area contributed by atoms with Gasteiger partial charge in [-0.25, -0.2) is 9.79 Å². The number of esters is 1. The van der Waals surface area contributed by atoms with Crippen LogP contribution in [0.5, 0.6) is 0 Å². The largest absolute Gasteiger partial charge is 0.466 e. The maximum absolute atomic E-state index is 12.8. The quantitative estimate of drug-likeness (QED) is 0.583. The number of thioether (sulfide) groups is 1. The summed E-state index contributed by atoms with van der Waals surface area (Å²) in [6, 6.07) is 7.45. The molecule has 0 aromatic heterocycles. The predicted molar refractivity (Wildman–Crippen MR) is 132 cm³/mol. The highest BCUT2D eigenvalue weighted by molar-refractivity contribution is 8.16. The van der Waals surface area contributed by atoms with Crippen molar-refractivity contribution in [1.29, 1.82) is 0 Å². The standard InChI is InChI=1S/C24H29ClN4O3S/c1-15-21(23(31)32-3)22(18-8-4-5-9-19(18)25)29-17(14-33-24(29)27-15)13-20(30)26-11-10-16-7-6-12-28(16)2/h4-5,8-9,14,16,22H,6-7,10-13H2,1-3H3,(H,26,30). The fourth-order valence-electron chi connectivity index (χ4n) is 4.68. The minimum absolute atomic E-state index is 0.0486. The molecule has 7 nitrogen and oxygen atoms in total. The van der Waals surface area contributed by atoms with E-state index in [1.165, 1.54) is 31.7 Å². The van der Waals surface area contributed by atoms with E-state index in [0.29, 0.717) is 28.9 Å². The number of ether oxygens (including phenoxy) is 1. The van der Waals surface area contributed by atoms with Gasteiger partial charge in [0.1, 0.15) is 0 Å². The topological polar surface area (TPSA) is 74.2 Å². The summed E-state index contributed by atoms with van der Waals surface area (Å²) in [6.45, 7) is 3.57. The molecule has 0 saturated carbocycles. The van der Waals surface area contributed by atoms with Crippen molar-refractivity contribution >= 4 is 40.4 Å². The molecular formula is C24H29ClN4O3S. The highest BCUT2D eigenvalue weighted by atomic mass is 35.5. The van der Waals surface area contributed by atoms with Crippen molar-refractivity contribution in [2.45, 2.75) is 44.7 Å². The highest BCUT2D eigenvalue weighted by Crippen LogP contribution is 2.46. The van der Waals surface area contributed by atoms with E-state index in [1.807, 2.05) is 28.5 Å². The summed E-state index contributed by atoms with van der Waals surface area (Å²) in [5, 5.41) is 6.26. The van der Waals surface area contributed by atoms with Gasteiger partial charge < -0.3 is 19.9 Å². The maximum Gasteiger partial charge on any atom is 0.338 e. The molecule has 3 aliphatic rings. The SMILES string of the molecule is COC(=O)C1=C(C)N=C2SC=C(CC(=O)NCCC3CCCN3C)N2C1c1ccccc1Cl. The molecule has 2 atom stereocenters. The number of allylic oxidation sites excluding steroid dienone is 1. The first-order valence-electron chi connectivity index (χ1n) is 11.1. The fourth-order valence-corrected chi connectivity index (χ4v) is 5.88. The lowest BCUT2D eigenvalue weighted by molar-refractivity contribution is -0.136. The van der Waals surface area contributed by atoms with Crippen molar-refractivity contribution in [3.05, 3.63) is 57.2 Å². The fraction of sp³-hybridized carbons (Fsp3) is 0.458. The van der Waals surface area contributed by atoms with E-state index >= 15 is 0 Å². The number of methoxy groups -OCH3 is 1. The number of fused-ring (bicyclic) bond motifs is 1. The van der Waals surface area contributed by atoms with Crippen LogP contribution in [-0.4, -0.2) is 60.1 Å². The molecule has 1 aromatic rings. The second-order valence-electron chi connectivity index (χ2n) is 8.50. The van der Waals surface area contributed by atoms with E-state index < -0.39 is 12.0 Å². The van der Waals surface area contributed by atoms with E-state index in [-0.39, 0.29) is 12.3 Å². The minimum atomic E-state index is -0.514. The monoisotopic (exact) mass is 488 g/mol. The summed E-state index contributed by atoms with van der Waals surface area (Å²) in [7, 11) is 3.50. The number of nitrogens with one attached hydrogen (secondary N) is 1. The van der Waals surface area contributed by atoms with Crippen LogP contribution < -0.4 is 5.32 Å². The number of hydrogen-bond acceptors (Lipinski definition) is 7. The van der Waals surface area contributed by atoms with E-state index in [4.69, 9.17) is 16.3 Å². The Bertz CT molecular complexity index is 1040. The number of benzene rings is 1. The molecule has 1 aromatic carbocycles. The van der Waals surface area contributed by atoms with Crippen LogP contribution in [0.15, 0.2) is 51.6 Å². The minimum Gasteiger partial charge on any atom is -0.466 e. The number of carbonyl (C=O) groups excluding carboxylic acids is 2. The third-order valence-corrected chi connectivity index (χ3v) is 7.65. The van der Waals surface area contributed by atoms with Crippen molar-refractivity contribution in [3.8, 4) is 0 Å². The van der Waals surface area contributed by atoms with Crippen molar-refractivity contribution in [2.24, 2.45) is 4.99 Å². The first-order valence-corrected chi connectivity index (χ1v) is 12.4. The molecule has 3 heterocycles. The molecule has 176 valence electrons. The molecule has 9 heteroatoms. The van der Waals surface area contributed by atoms with Gasteiger partial charge in [-0.1, -0.05) is 41.6 Å². The van der Waals surface area contributed by atoms with E-state index in [2.05, 4.69) is 22.3 Å². The molecular weight excluding hydrogens is 460 g/mol. The molecule has 1 N–H and O–H groups in total. The maximum atomic E-state index is 12.8. The van der Waals surface area contributed by atoms with Gasteiger partial charge in [-0.15, -0.1) is 0 Å². The second kappa shape index (κ2) is 10.3. The van der Waals surface area contributed by atoms with Crippen molar-refractivity contribution < 1.29 is 14.3 Å². The van der Waals surface area contributed by atoms with E-state index in [0.717, 1.165) is 29.4 Å². The lowest BCUT2D eigenvalue weighted by Crippen LogP contribution is -2.38. The Morgan fingerprint density at radius 3 is 2.82 bits per heavy atom. The van der Waals surface area contributed by atoms with Crippen LogP contribution in [0.3, 0.4) is 0 Å². The summed E-state index contributed by atoms with van der Waals surface area (Å²) in [6.07, 6.45) is 3.54. The smallest absolute Gasteiger partial charge is 0.338 e. The number of rotatable bonds is 7. The van der Waals surface area contributed by atoms with Crippen LogP contribution in [0.25, 0.3) is 0 Å². The third kappa shape index (κ3) is 4.98. The average Bonchev–Trinajstić information content (AvgIpc) is 3.38. The zero-order chi connectivity index (χ0) is 23.5. The number of nitrogens with zero attached hydrogens (tertiary/aromatic N) is 3. The Morgan fingerprint density at radius 1 is 1.33 bits per heavy atom. The zero-order valence-corrected chi connectivity index (χ0v) is 20.7. The molecule has 1 amide bonds. The molecule has 4 rings (SSSR count). The van der Waals surface area contributed by atoms with Crippen LogP contribution in [0.2, 0.25) is 5.02 Å². The Hall–Kier alpha value is -2.29. The predicted octanol–water partition coefficient (Wildman–Crippen LogP) is 4.08. The van der Waals surface area contributed by atoms with Crippen LogP contribution in [0.4, 0.5) is 0 Å². The number of halogens is 1. The molecule has 0 radical (unpaired) electrons. The Balaban J connectivity index is 1.53. The van der Waals surface area contributed by atoms with Gasteiger partial charge in [0.2, 0.25) is 5.91 Å². The number of aliphatic imine (C=N–C) groups is 1. The summed E-state index contributed by atoms with van der Waals surface area (Å²) in [4.78, 5) is 34.5. The van der Waals surface area contributed by atoms with Crippen molar-refractivity contribution in [1.82, 2.24) is 15.1 Å². The molecule has 33 heavy (non-hydrogen) atoms. The second-order valence-corrected chi connectivity index (χ2v) is 9.74. The number of amidine groups is 1. The van der Waals surface area contributed by atoms with Gasteiger partial charge in [-0.3, -0.25) is 4.79 Å². The number of carbonyl (C=O) groups is 2. The van der Waals surface area contributed by atoms with Gasteiger partial charge in [0.25, 0.3) is 0 Å². The van der Waals surface area contributed by atoms with Gasteiger partial charge in [0.15, 0.2) is 5.17 Å². The van der Waals surface area contributed by atoms with Crippen LogP contribution in [0.1, 0.15) is 44.2 Å². The number of likely N-dealkylation sites (tertiary alicyclic amines) is 1. The van der Waals surface area contributed by atoms with Crippen LogP contribution in [0, 0.1) is 0 Å². The van der Waals surface area contributed by atoms with E-state index in [9.17, 15) is 9.59 Å². The van der Waals surface area contributed by atoms with E-state index in [1.54, 1.807) is 13.0 Å². The van der Waals surface area contributed by atoms with Crippen LogP contribution >= 0.6 is 23.4 Å². The van der Waals surface area contributed by atoms with Gasteiger partial charge >= 0.3 is 5.97 Å². The van der Waals surface area contributed by atoms with Gasteiger partial charge in [-0.05, 0) is 56.8 Å². The first kappa shape index (κ1) is 23.9. The molecule has 0 spiro atoms. The average molecular weight is 489 g/mol. The number of hydrogen-bond donors (Lipinski definition) is 1. The molecule has 3 aliphatic heterocycles. The Morgan fingerprint density at radius 2 is 2.12 bits per heavy atom. The molecule has 1 fully saturated rings. The zero-order valence-electron chi connectivity index (χ0n) is 19.1. The lowest BCUT2D eigenvalue weighted by atomic mass is 9.94. The van der Waals surface area contributed by atoms with Gasteiger partial charge in [-0.2, -0.15) is 0 Å². The summed E-state index contributed by atoms with van der Waals surface area (Å²) >= 11 is 8.00. The van der Waals surface area contributed by atoms with Gasteiger partial charge in [0.05, 0.1) is 30.8 Å². The van der Waals surface area contributed by atoms with Crippen molar-refractivity contribution in [2.75, 3.05) is 27.2 Å².